The number of hydrogen-bond donors (Lipinski definition) is 1. The minimum atomic E-state index is 0.459. The van der Waals surface area contributed by atoms with Gasteiger partial charge in [-0.2, -0.15) is 0 Å². The van der Waals surface area contributed by atoms with Gasteiger partial charge in [-0.05, 0) is 69.4 Å². The van der Waals surface area contributed by atoms with E-state index < -0.39 is 0 Å². The SMILES string of the molecule is CCC=CCC(C)CCNCCC1(C)CC=C(Cl)CC1. The predicted molar refractivity (Wildman–Crippen MR) is 91.2 cm³/mol. The molecule has 0 fully saturated rings. The monoisotopic (exact) mass is 297 g/mol. The molecule has 2 unspecified atom stereocenters. The molecule has 0 aliphatic heterocycles. The Bertz CT molecular complexity index is 321. The van der Waals surface area contributed by atoms with Gasteiger partial charge in [0, 0.05) is 5.03 Å². The molecule has 0 spiro atoms. The highest BCUT2D eigenvalue weighted by molar-refractivity contribution is 6.29. The fourth-order valence-corrected chi connectivity index (χ4v) is 2.86. The van der Waals surface area contributed by atoms with Gasteiger partial charge in [-0.1, -0.05) is 50.6 Å². The highest BCUT2D eigenvalue weighted by atomic mass is 35.5. The van der Waals surface area contributed by atoms with Crippen LogP contribution in [0.25, 0.3) is 0 Å². The average molecular weight is 298 g/mol. The second kappa shape index (κ2) is 9.63. The summed E-state index contributed by atoms with van der Waals surface area (Å²) in [5.74, 6) is 0.789. The highest BCUT2D eigenvalue weighted by Gasteiger charge is 2.25. The largest absolute Gasteiger partial charge is 0.317 e. The summed E-state index contributed by atoms with van der Waals surface area (Å²) in [6.07, 6.45) is 15.2. The van der Waals surface area contributed by atoms with Gasteiger partial charge >= 0.3 is 0 Å². The molecule has 1 aliphatic carbocycles. The minimum absolute atomic E-state index is 0.459. The first-order valence-corrected chi connectivity index (χ1v) is 8.64. The zero-order valence-electron chi connectivity index (χ0n) is 13.6. The van der Waals surface area contributed by atoms with Crippen LogP contribution < -0.4 is 5.32 Å². The summed E-state index contributed by atoms with van der Waals surface area (Å²) >= 11 is 6.05. The molecule has 0 bridgehead atoms. The second-order valence-electron chi connectivity index (χ2n) is 6.67. The van der Waals surface area contributed by atoms with E-state index in [1.54, 1.807) is 0 Å². The third-order valence-corrected chi connectivity index (χ3v) is 4.79. The topological polar surface area (TPSA) is 12.0 Å². The molecule has 2 heteroatoms. The summed E-state index contributed by atoms with van der Waals surface area (Å²) < 4.78 is 0. The molecule has 0 amide bonds. The van der Waals surface area contributed by atoms with Crippen LogP contribution in [-0.4, -0.2) is 13.1 Å². The van der Waals surface area contributed by atoms with E-state index in [0.717, 1.165) is 43.3 Å². The minimum Gasteiger partial charge on any atom is -0.317 e. The molecule has 0 radical (unpaired) electrons. The van der Waals surface area contributed by atoms with Crippen LogP contribution in [0.1, 0.15) is 65.7 Å². The van der Waals surface area contributed by atoms with E-state index in [0.29, 0.717) is 5.41 Å². The lowest BCUT2D eigenvalue weighted by atomic mass is 9.76. The molecule has 0 aromatic carbocycles. The maximum atomic E-state index is 6.05. The smallest absolute Gasteiger partial charge is 0.0141 e. The van der Waals surface area contributed by atoms with E-state index in [9.17, 15) is 0 Å². The van der Waals surface area contributed by atoms with Gasteiger partial charge in [0.2, 0.25) is 0 Å². The molecule has 0 saturated heterocycles. The van der Waals surface area contributed by atoms with Crippen molar-refractivity contribution in [3.63, 3.8) is 0 Å². The molecule has 20 heavy (non-hydrogen) atoms. The Morgan fingerprint density at radius 3 is 2.85 bits per heavy atom. The standard InChI is InChI=1S/C18H32ClN/c1-4-5-6-7-16(2)10-14-20-15-13-18(3)11-8-17(19)9-12-18/h5-6,8,16,20H,4,7,9-15H2,1-3H3. The quantitative estimate of drug-likeness (QED) is 0.427. The van der Waals surface area contributed by atoms with Crippen molar-refractivity contribution < 1.29 is 0 Å². The number of allylic oxidation sites excluding steroid dienone is 4. The van der Waals surface area contributed by atoms with Gasteiger partial charge in [0.05, 0.1) is 0 Å². The van der Waals surface area contributed by atoms with Gasteiger partial charge < -0.3 is 5.32 Å². The van der Waals surface area contributed by atoms with Crippen molar-refractivity contribution in [1.29, 1.82) is 0 Å². The van der Waals surface area contributed by atoms with E-state index in [1.807, 2.05) is 0 Å². The second-order valence-corrected chi connectivity index (χ2v) is 7.16. The van der Waals surface area contributed by atoms with Crippen LogP contribution in [0.5, 0.6) is 0 Å². The molecule has 0 aromatic heterocycles. The van der Waals surface area contributed by atoms with Gasteiger partial charge in [-0.3, -0.25) is 0 Å². The molecule has 116 valence electrons. The van der Waals surface area contributed by atoms with Gasteiger partial charge in [-0.15, -0.1) is 0 Å². The lowest BCUT2D eigenvalue weighted by Crippen LogP contribution is -2.27. The summed E-state index contributed by atoms with van der Waals surface area (Å²) in [6, 6.07) is 0. The molecule has 2 atom stereocenters. The molecular weight excluding hydrogens is 266 g/mol. The van der Waals surface area contributed by atoms with E-state index in [2.05, 4.69) is 44.3 Å². The molecule has 1 aliphatic rings. The molecule has 1 rings (SSSR count). The van der Waals surface area contributed by atoms with Crippen LogP contribution in [-0.2, 0) is 0 Å². The van der Waals surface area contributed by atoms with Crippen molar-refractivity contribution >= 4 is 11.6 Å². The van der Waals surface area contributed by atoms with Crippen LogP contribution in [0.3, 0.4) is 0 Å². The summed E-state index contributed by atoms with van der Waals surface area (Å²) in [7, 11) is 0. The van der Waals surface area contributed by atoms with E-state index in [1.165, 1.54) is 25.7 Å². The van der Waals surface area contributed by atoms with Crippen molar-refractivity contribution in [2.24, 2.45) is 11.3 Å². The van der Waals surface area contributed by atoms with Gasteiger partial charge in [-0.25, -0.2) is 0 Å². The van der Waals surface area contributed by atoms with Crippen LogP contribution in [0.15, 0.2) is 23.3 Å². The Morgan fingerprint density at radius 2 is 2.20 bits per heavy atom. The van der Waals surface area contributed by atoms with Crippen molar-refractivity contribution in [3.8, 4) is 0 Å². The first kappa shape index (κ1) is 17.8. The van der Waals surface area contributed by atoms with Gasteiger partial charge in [0.15, 0.2) is 0 Å². The Kier molecular flexibility index (Phi) is 8.56. The van der Waals surface area contributed by atoms with Crippen molar-refractivity contribution in [3.05, 3.63) is 23.3 Å². The molecule has 0 heterocycles. The predicted octanol–water partition coefficient (Wildman–Crippen LogP) is 5.66. The van der Waals surface area contributed by atoms with Crippen LogP contribution >= 0.6 is 11.6 Å². The molecule has 1 nitrogen and oxygen atoms in total. The zero-order valence-corrected chi connectivity index (χ0v) is 14.3. The molecule has 1 N–H and O–H groups in total. The molecule has 0 saturated carbocycles. The summed E-state index contributed by atoms with van der Waals surface area (Å²) in [5, 5.41) is 4.67. The zero-order chi connectivity index (χ0) is 14.8. The third-order valence-electron chi connectivity index (χ3n) is 4.44. The maximum absolute atomic E-state index is 6.05. The lowest BCUT2D eigenvalue weighted by molar-refractivity contribution is 0.262. The number of halogens is 1. The highest BCUT2D eigenvalue weighted by Crippen LogP contribution is 2.38. The number of nitrogens with one attached hydrogen (secondary N) is 1. The maximum Gasteiger partial charge on any atom is 0.0141 e. The third kappa shape index (κ3) is 7.50. The van der Waals surface area contributed by atoms with Crippen molar-refractivity contribution in [2.45, 2.75) is 65.7 Å². The van der Waals surface area contributed by atoms with Gasteiger partial charge in [0.25, 0.3) is 0 Å². The lowest BCUT2D eigenvalue weighted by Gasteiger charge is -2.32. The van der Waals surface area contributed by atoms with Crippen LogP contribution in [0.4, 0.5) is 0 Å². The fourth-order valence-electron chi connectivity index (χ4n) is 2.69. The molecule has 0 aromatic rings. The molecular formula is C18H32ClN. The summed E-state index contributed by atoms with van der Waals surface area (Å²) in [5.41, 5.74) is 0.459. The first-order valence-electron chi connectivity index (χ1n) is 8.26. The van der Waals surface area contributed by atoms with E-state index >= 15 is 0 Å². The Balaban J connectivity index is 2.06. The Hall–Kier alpha value is -0.270. The fraction of sp³-hybridized carbons (Fsp3) is 0.778. The van der Waals surface area contributed by atoms with Crippen LogP contribution in [0.2, 0.25) is 0 Å². The normalized spacial score (nSPS) is 24.9. The van der Waals surface area contributed by atoms with Crippen molar-refractivity contribution in [2.75, 3.05) is 13.1 Å². The van der Waals surface area contributed by atoms with Gasteiger partial charge in [0.1, 0.15) is 0 Å². The van der Waals surface area contributed by atoms with E-state index in [4.69, 9.17) is 11.6 Å². The summed E-state index contributed by atoms with van der Waals surface area (Å²) in [4.78, 5) is 0. The van der Waals surface area contributed by atoms with Crippen molar-refractivity contribution in [1.82, 2.24) is 5.32 Å². The number of hydrogen-bond acceptors (Lipinski definition) is 1. The van der Waals surface area contributed by atoms with Crippen LogP contribution in [0, 0.1) is 11.3 Å². The summed E-state index contributed by atoms with van der Waals surface area (Å²) in [6.45, 7) is 9.22. The van der Waals surface area contributed by atoms with E-state index in [-0.39, 0.29) is 0 Å². The average Bonchev–Trinajstić information content (AvgIpc) is 2.42. The Labute approximate surface area is 130 Å². The first-order chi connectivity index (χ1) is 9.56. The number of rotatable bonds is 9. The Morgan fingerprint density at radius 1 is 1.40 bits per heavy atom.